The topological polar surface area (TPSA) is 0 Å². The fourth-order valence-electron chi connectivity index (χ4n) is 2.40. The van der Waals surface area contributed by atoms with Crippen LogP contribution in [0.2, 0.25) is 0 Å². The molecule has 0 spiro atoms. The molecule has 3 aromatic carbocycles. The average Bonchev–Trinajstić information content (AvgIpc) is 2.45. The van der Waals surface area contributed by atoms with Crippen LogP contribution in [0.5, 0.6) is 0 Å². The fraction of sp³-hybridized carbons (Fsp3) is 0.0588. The predicted molar refractivity (Wildman–Crippen MR) is 84.3 cm³/mol. The minimum atomic E-state index is 0.765. The molecule has 0 N–H and O–H groups in total. The summed E-state index contributed by atoms with van der Waals surface area (Å²) in [4.78, 5) is 0. The molecule has 0 nitrogen and oxygen atoms in total. The molecule has 0 amide bonds. The molecule has 0 atom stereocenters. The van der Waals surface area contributed by atoms with Crippen LogP contribution in [0.15, 0.2) is 60.7 Å². The van der Waals surface area contributed by atoms with Crippen molar-refractivity contribution in [2.45, 2.75) is 0 Å². The van der Waals surface area contributed by atoms with Gasteiger partial charge in [0.2, 0.25) is 0 Å². The molecule has 0 fully saturated rings. The lowest BCUT2D eigenvalue weighted by Crippen LogP contribution is -1.82. The summed E-state index contributed by atoms with van der Waals surface area (Å²) in [6, 6.07) is 19.3. The zero-order chi connectivity index (χ0) is 12.4. The summed E-state index contributed by atoms with van der Waals surface area (Å²) in [6.07, 6.45) is 4.24. The lowest BCUT2D eigenvalue weighted by Gasteiger charge is -2.07. The van der Waals surface area contributed by atoms with Crippen LogP contribution in [0.3, 0.4) is 0 Å². The first-order valence-electron chi connectivity index (χ1n) is 6.08. The number of fused-ring (bicyclic) bond motifs is 3. The first-order valence-corrected chi connectivity index (χ1v) is 6.71. The molecule has 0 aliphatic rings. The Morgan fingerprint density at radius 1 is 0.833 bits per heavy atom. The van der Waals surface area contributed by atoms with E-state index in [2.05, 4.69) is 79.4 Å². The Labute approximate surface area is 112 Å². The summed E-state index contributed by atoms with van der Waals surface area (Å²) in [5.74, 6) is 0.765. The highest BCUT2D eigenvalue weighted by Crippen LogP contribution is 2.29. The number of hydrogen-bond acceptors (Lipinski definition) is 1. The second kappa shape index (κ2) is 4.87. The van der Waals surface area contributed by atoms with Crippen molar-refractivity contribution >= 4 is 40.2 Å². The van der Waals surface area contributed by atoms with Gasteiger partial charge in [-0.2, -0.15) is 12.6 Å². The fourth-order valence-corrected chi connectivity index (χ4v) is 2.51. The number of thiol groups is 1. The molecule has 0 bridgehead atoms. The summed E-state index contributed by atoms with van der Waals surface area (Å²) in [7, 11) is 0. The predicted octanol–water partition coefficient (Wildman–Crippen LogP) is 4.94. The van der Waals surface area contributed by atoms with Gasteiger partial charge in [0.05, 0.1) is 0 Å². The van der Waals surface area contributed by atoms with Gasteiger partial charge >= 0.3 is 0 Å². The Morgan fingerprint density at radius 3 is 2.28 bits per heavy atom. The van der Waals surface area contributed by atoms with Gasteiger partial charge in [-0.25, -0.2) is 0 Å². The summed E-state index contributed by atoms with van der Waals surface area (Å²) < 4.78 is 0. The Bertz CT molecular complexity index is 726. The average molecular weight is 250 g/mol. The van der Waals surface area contributed by atoms with Gasteiger partial charge in [0.15, 0.2) is 0 Å². The van der Waals surface area contributed by atoms with E-state index in [1.807, 2.05) is 0 Å². The smallest absolute Gasteiger partial charge is 0.00858 e. The summed E-state index contributed by atoms with van der Waals surface area (Å²) >= 11 is 4.23. The molecule has 18 heavy (non-hydrogen) atoms. The quantitative estimate of drug-likeness (QED) is 0.483. The van der Waals surface area contributed by atoms with Gasteiger partial charge in [-0.1, -0.05) is 60.7 Å². The normalized spacial score (nSPS) is 11.6. The second-order valence-corrected chi connectivity index (χ2v) is 4.68. The van der Waals surface area contributed by atoms with Crippen LogP contribution in [0.4, 0.5) is 0 Å². The van der Waals surface area contributed by atoms with Crippen LogP contribution in [0.25, 0.3) is 27.6 Å². The van der Waals surface area contributed by atoms with E-state index in [1.165, 1.54) is 27.1 Å². The largest absolute Gasteiger partial charge is 0.175 e. The molecule has 0 heterocycles. The number of rotatable bonds is 2. The lowest BCUT2D eigenvalue weighted by molar-refractivity contribution is 1.72. The third kappa shape index (κ3) is 1.91. The maximum Gasteiger partial charge on any atom is 0.00858 e. The van der Waals surface area contributed by atoms with Crippen molar-refractivity contribution in [3.63, 3.8) is 0 Å². The third-order valence-electron chi connectivity index (χ3n) is 3.20. The van der Waals surface area contributed by atoms with Crippen LogP contribution >= 0.6 is 12.6 Å². The Balaban J connectivity index is 2.42. The van der Waals surface area contributed by atoms with E-state index in [0.29, 0.717) is 0 Å². The Morgan fingerprint density at radius 2 is 1.50 bits per heavy atom. The van der Waals surface area contributed by atoms with E-state index >= 15 is 0 Å². The van der Waals surface area contributed by atoms with Crippen LogP contribution in [-0.2, 0) is 0 Å². The Kier molecular flexibility index (Phi) is 3.07. The van der Waals surface area contributed by atoms with Crippen molar-refractivity contribution in [2.75, 3.05) is 5.75 Å². The summed E-state index contributed by atoms with van der Waals surface area (Å²) in [6.45, 7) is 0. The van der Waals surface area contributed by atoms with E-state index in [4.69, 9.17) is 0 Å². The Hall–Kier alpha value is -1.73. The third-order valence-corrected chi connectivity index (χ3v) is 3.41. The van der Waals surface area contributed by atoms with Crippen molar-refractivity contribution in [2.24, 2.45) is 0 Å². The van der Waals surface area contributed by atoms with Crippen LogP contribution in [-0.4, -0.2) is 5.75 Å². The highest BCUT2D eigenvalue weighted by atomic mass is 32.1. The first-order chi connectivity index (χ1) is 8.90. The molecule has 0 saturated carbocycles. The second-order valence-electron chi connectivity index (χ2n) is 4.32. The van der Waals surface area contributed by atoms with Gasteiger partial charge in [0, 0.05) is 5.75 Å². The molecule has 0 aliphatic carbocycles. The minimum Gasteiger partial charge on any atom is -0.175 e. The van der Waals surface area contributed by atoms with Gasteiger partial charge in [0.25, 0.3) is 0 Å². The molecule has 1 heteroatoms. The highest BCUT2D eigenvalue weighted by Gasteiger charge is 2.03. The molecule has 3 rings (SSSR count). The molecule has 88 valence electrons. The maximum atomic E-state index is 4.23. The number of hydrogen-bond donors (Lipinski definition) is 1. The molecule has 0 aliphatic heterocycles. The van der Waals surface area contributed by atoms with Crippen LogP contribution in [0, 0.1) is 0 Å². The molecular formula is C17H14S. The van der Waals surface area contributed by atoms with Crippen molar-refractivity contribution in [1.82, 2.24) is 0 Å². The first kappa shape index (κ1) is 11.4. The van der Waals surface area contributed by atoms with Gasteiger partial charge in [-0.05, 0) is 33.2 Å². The van der Waals surface area contributed by atoms with Gasteiger partial charge in [-0.3, -0.25) is 0 Å². The van der Waals surface area contributed by atoms with E-state index in [1.54, 1.807) is 0 Å². The number of benzene rings is 3. The molecule has 3 aromatic rings. The van der Waals surface area contributed by atoms with E-state index in [-0.39, 0.29) is 0 Å². The highest BCUT2D eigenvalue weighted by molar-refractivity contribution is 7.80. The van der Waals surface area contributed by atoms with E-state index in [9.17, 15) is 0 Å². The molecule has 0 saturated heterocycles. The maximum absolute atomic E-state index is 4.23. The summed E-state index contributed by atoms with van der Waals surface area (Å²) in [5.41, 5.74) is 1.26. The molecular weight excluding hydrogens is 236 g/mol. The zero-order valence-corrected chi connectivity index (χ0v) is 10.9. The monoisotopic (exact) mass is 250 g/mol. The van der Waals surface area contributed by atoms with Crippen molar-refractivity contribution in [3.8, 4) is 0 Å². The minimum absolute atomic E-state index is 0.765. The van der Waals surface area contributed by atoms with Crippen molar-refractivity contribution < 1.29 is 0 Å². The SMILES string of the molecule is SCC=Cc1cc2ccccc2c2ccccc12. The van der Waals surface area contributed by atoms with E-state index in [0.717, 1.165) is 5.75 Å². The van der Waals surface area contributed by atoms with Gasteiger partial charge in [-0.15, -0.1) is 0 Å². The van der Waals surface area contributed by atoms with Crippen LogP contribution in [0.1, 0.15) is 5.56 Å². The molecule has 0 radical (unpaired) electrons. The van der Waals surface area contributed by atoms with Gasteiger partial charge < -0.3 is 0 Å². The standard InChI is InChI=1S/C17H14S/c18-11-5-7-14-12-13-6-1-2-8-15(13)17-10-4-3-9-16(14)17/h1-10,12,18H,11H2. The van der Waals surface area contributed by atoms with Crippen molar-refractivity contribution in [1.29, 1.82) is 0 Å². The van der Waals surface area contributed by atoms with Crippen LogP contribution < -0.4 is 0 Å². The van der Waals surface area contributed by atoms with Crippen molar-refractivity contribution in [3.05, 3.63) is 66.2 Å². The zero-order valence-electron chi connectivity index (χ0n) is 10.0. The lowest BCUT2D eigenvalue weighted by atomic mass is 9.97. The molecule has 0 aromatic heterocycles. The molecule has 0 unspecified atom stereocenters. The van der Waals surface area contributed by atoms with Gasteiger partial charge in [0.1, 0.15) is 0 Å². The van der Waals surface area contributed by atoms with E-state index < -0.39 is 0 Å². The summed E-state index contributed by atoms with van der Waals surface area (Å²) in [5, 5.41) is 5.22.